The van der Waals surface area contributed by atoms with Gasteiger partial charge in [-0.05, 0) is 19.4 Å². The largest absolute Gasteiger partial charge is 0.497 e. The van der Waals surface area contributed by atoms with Crippen molar-refractivity contribution in [2.45, 2.75) is 32.4 Å². The molecule has 0 radical (unpaired) electrons. The second kappa shape index (κ2) is 6.95. The van der Waals surface area contributed by atoms with Crippen molar-refractivity contribution >= 4 is 35.0 Å². The van der Waals surface area contributed by atoms with E-state index in [9.17, 15) is 19.2 Å². The Kier molecular flexibility index (Phi) is 4.70. The molecule has 1 aromatic heterocycles. The highest BCUT2D eigenvalue weighted by atomic mass is 16.5. The standard InChI is InChI=1S/C17H18N4O5/c1-9-18-15-11(7-10(26-2)8-13(15)21(9)5-6-22)16(24)19-12-3-4-14(23)20-17(12)25/h6-8,12H,3-5H2,1-2H3,(H,19,24)(H,20,23,25). The number of imidazole rings is 1. The van der Waals surface area contributed by atoms with Crippen LogP contribution in [0.5, 0.6) is 5.75 Å². The van der Waals surface area contributed by atoms with Crippen molar-refractivity contribution in [3.05, 3.63) is 23.5 Å². The maximum atomic E-state index is 12.8. The lowest BCUT2D eigenvalue weighted by Crippen LogP contribution is -2.52. The van der Waals surface area contributed by atoms with E-state index in [1.165, 1.54) is 13.2 Å². The average molecular weight is 358 g/mol. The van der Waals surface area contributed by atoms with Crippen molar-refractivity contribution in [1.29, 1.82) is 0 Å². The van der Waals surface area contributed by atoms with Crippen molar-refractivity contribution in [2.24, 2.45) is 0 Å². The molecule has 136 valence electrons. The lowest BCUT2D eigenvalue weighted by atomic mass is 10.0. The predicted molar refractivity (Wildman–Crippen MR) is 90.7 cm³/mol. The Morgan fingerprint density at radius 3 is 2.88 bits per heavy atom. The molecule has 2 heterocycles. The van der Waals surface area contributed by atoms with E-state index in [-0.39, 0.29) is 30.9 Å². The minimum atomic E-state index is -0.792. The molecule has 26 heavy (non-hydrogen) atoms. The zero-order valence-corrected chi connectivity index (χ0v) is 14.4. The summed E-state index contributed by atoms with van der Waals surface area (Å²) >= 11 is 0. The molecule has 1 aliphatic heterocycles. The molecule has 0 saturated carbocycles. The molecule has 0 spiro atoms. The SMILES string of the molecule is COc1cc(C(=O)NC2CCC(=O)NC2=O)c2nc(C)n(CC=O)c2c1. The molecule has 9 heteroatoms. The van der Waals surface area contributed by atoms with Crippen LogP contribution >= 0.6 is 0 Å². The van der Waals surface area contributed by atoms with Crippen LogP contribution in [0.1, 0.15) is 29.0 Å². The minimum Gasteiger partial charge on any atom is -0.497 e. The van der Waals surface area contributed by atoms with Crippen molar-refractivity contribution < 1.29 is 23.9 Å². The van der Waals surface area contributed by atoms with E-state index in [0.29, 0.717) is 22.6 Å². The Hall–Kier alpha value is -3.23. The number of aryl methyl sites for hydroxylation is 1. The van der Waals surface area contributed by atoms with Gasteiger partial charge in [-0.1, -0.05) is 0 Å². The maximum absolute atomic E-state index is 12.8. The van der Waals surface area contributed by atoms with Crippen LogP contribution in [0.2, 0.25) is 0 Å². The van der Waals surface area contributed by atoms with Crippen molar-refractivity contribution in [1.82, 2.24) is 20.2 Å². The second-order valence-electron chi connectivity index (χ2n) is 5.96. The van der Waals surface area contributed by atoms with Crippen LogP contribution < -0.4 is 15.4 Å². The molecule has 3 rings (SSSR count). The summed E-state index contributed by atoms with van der Waals surface area (Å²) < 4.78 is 6.92. The van der Waals surface area contributed by atoms with E-state index in [1.54, 1.807) is 17.6 Å². The van der Waals surface area contributed by atoms with Crippen LogP contribution in [0, 0.1) is 6.92 Å². The molecule has 2 aromatic rings. The molecule has 1 saturated heterocycles. The molecule has 1 fully saturated rings. The van der Waals surface area contributed by atoms with Crippen LogP contribution in [-0.4, -0.2) is 46.7 Å². The Morgan fingerprint density at radius 2 is 2.23 bits per heavy atom. The smallest absolute Gasteiger partial charge is 0.254 e. The highest BCUT2D eigenvalue weighted by molar-refractivity contribution is 6.08. The van der Waals surface area contributed by atoms with Crippen LogP contribution in [0.15, 0.2) is 12.1 Å². The fourth-order valence-electron chi connectivity index (χ4n) is 2.98. The van der Waals surface area contributed by atoms with Gasteiger partial charge in [0.05, 0.1) is 24.7 Å². The molecule has 1 atom stereocenters. The van der Waals surface area contributed by atoms with Crippen molar-refractivity contribution in [3.8, 4) is 5.75 Å². The van der Waals surface area contributed by atoms with Gasteiger partial charge < -0.3 is 19.4 Å². The summed E-state index contributed by atoms with van der Waals surface area (Å²) in [6, 6.07) is 2.43. The number of carbonyl (C=O) groups is 4. The summed E-state index contributed by atoms with van der Waals surface area (Å²) in [6.07, 6.45) is 1.15. The summed E-state index contributed by atoms with van der Waals surface area (Å²) in [5.41, 5.74) is 1.23. The fourth-order valence-corrected chi connectivity index (χ4v) is 2.98. The molecule has 2 N–H and O–H groups in total. The molecular formula is C17H18N4O5. The number of rotatable bonds is 5. The number of nitrogens with zero attached hydrogens (tertiary/aromatic N) is 2. The third-order valence-electron chi connectivity index (χ3n) is 4.30. The van der Waals surface area contributed by atoms with E-state index in [0.717, 1.165) is 6.29 Å². The van der Waals surface area contributed by atoms with Gasteiger partial charge in [0.15, 0.2) is 0 Å². The lowest BCUT2D eigenvalue weighted by molar-refractivity contribution is -0.134. The lowest BCUT2D eigenvalue weighted by Gasteiger charge is -2.22. The maximum Gasteiger partial charge on any atom is 0.254 e. The molecule has 1 aliphatic rings. The van der Waals surface area contributed by atoms with Gasteiger partial charge in [-0.2, -0.15) is 0 Å². The molecule has 0 bridgehead atoms. The fraction of sp³-hybridized carbons (Fsp3) is 0.353. The second-order valence-corrected chi connectivity index (χ2v) is 5.96. The first-order valence-electron chi connectivity index (χ1n) is 8.07. The molecule has 9 nitrogen and oxygen atoms in total. The number of hydrogen-bond acceptors (Lipinski definition) is 6. The highest BCUT2D eigenvalue weighted by Crippen LogP contribution is 2.26. The first kappa shape index (κ1) is 17.6. The van der Waals surface area contributed by atoms with Gasteiger partial charge in [0.1, 0.15) is 29.4 Å². The van der Waals surface area contributed by atoms with E-state index >= 15 is 0 Å². The molecule has 0 aliphatic carbocycles. The summed E-state index contributed by atoms with van der Waals surface area (Å²) in [7, 11) is 1.47. The number of fused-ring (bicyclic) bond motifs is 1. The third kappa shape index (κ3) is 3.15. The van der Waals surface area contributed by atoms with Crippen LogP contribution in [0.25, 0.3) is 11.0 Å². The summed E-state index contributed by atoms with van der Waals surface area (Å²) in [5.74, 6) is -0.378. The number of piperidine rings is 1. The monoisotopic (exact) mass is 358 g/mol. The van der Waals surface area contributed by atoms with Gasteiger partial charge in [-0.25, -0.2) is 4.98 Å². The first-order chi connectivity index (χ1) is 12.4. The van der Waals surface area contributed by atoms with Crippen LogP contribution in [0.3, 0.4) is 0 Å². The number of amides is 3. The number of methoxy groups -OCH3 is 1. The van der Waals surface area contributed by atoms with E-state index < -0.39 is 17.9 Å². The van der Waals surface area contributed by atoms with Gasteiger partial charge in [0.2, 0.25) is 11.8 Å². The molecule has 1 aromatic carbocycles. The van der Waals surface area contributed by atoms with Crippen molar-refractivity contribution in [3.63, 3.8) is 0 Å². The Labute approximate surface area is 148 Å². The van der Waals surface area contributed by atoms with E-state index in [1.807, 2.05) is 0 Å². The molecule has 3 amide bonds. The highest BCUT2D eigenvalue weighted by Gasteiger charge is 2.29. The Balaban J connectivity index is 1.99. The van der Waals surface area contributed by atoms with Gasteiger partial charge in [0.25, 0.3) is 5.91 Å². The van der Waals surface area contributed by atoms with Crippen LogP contribution in [0.4, 0.5) is 0 Å². The van der Waals surface area contributed by atoms with Crippen molar-refractivity contribution in [2.75, 3.05) is 7.11 Å². The quantitative estimate of drug-likeness (QED) is 0.577. The number of aldehydes is 1. The predicted octanol–water partition coefficient (Wildman–Crippen LogP) is 0.0872. The normalized spacial score (nSPS) is 17.1. The number of hydrogen-bond donors (Lipinski definition) is 2. The van der Waals surface area contributed by atoms with Gasteiger partial charge >= 0.3 is 0 Å². The van der Waals surface area contributed by atoms with E-state index in [4.69, 9.17) is 4.74 Å². The zero-order valence-electron chi connectivity index (χ0n) is 14.4. The molecular weight excluding hydrogens is 340 g/mol. The topological polar surface area (TPSA) is 119 Å². The average Bonchev–Trinajstić information content (AvgIpc) is 2.92. The zero-order chi connectivity index (χ0) is 18.8. The molecule has 1 unspecified atom stereocenters. The van der Waals surface area contributed by atoms with Crippen LogP contribution in [-0.2, 0) is 20.9 Å². The number of nitrogens with one attached hydrogen (secondary N) is 2. The first-order valence-corrected chi connectivity index (χ1v) is 8.07. The number of imide groups is 1. The Morgan fingerprint density at radius 1 is 1.46 bits per heavy atom. The summed E-state index contributed by atoms with van der Waals surface area (Å²) in [5, 5.41) is 4.83. The van der Waals surface area contributed by atoms with Gasteiger partial charge in [-0.15, -0.1) is 0 Å². The number of ether oxygens (including phenoxy) is 1. The number of aromatic nitrogens is 2. The number of benzene rings is 1. The third-order valence-corrected chi connectivity index (χ3v) is 4.30. The Bertz CT molecular complexity index is 918. The summed E-state index contributed by atoms with van der Waals surface area (Å²) in [6.45, 7) is 1.83. The summed E-state index contributed by atoms with van der Waals surface area (Å²) in [4.78, 5) is 51.2. The minimum absolute atomic E-state index is 0.101. The van der Waals surface area contributed by atoms with Gasteiger partial charge in [-0.3, -0.25) is 19.7 Å². The van der Waals surface area contributed by atoms with E-state index in [2.05, 4.69) is 15.6 Å². The number of carbonyl (C=O) groups excluding carboxylic acids is 4. The van der Waals surface area contributed by atoms with Gasteiger partial charge in [0, 0.05) is 12.5 Å².